The zero-order valence-corrected chi connectivity index (χ0v) is 12.3. The van der Waals surface area contributed by atoms with Gasteiger partial charge in [-0.25, -0.2) is 4.79 Å². The molecule has 5 nitrogen and oxygen atoms in total. The molecule has 106 valence electrons. The Balaban J connectivity index is 3.13. The van der Waals surface area contributed by atoms with Crippen molar-refractivity contribution in [2.45, 2.75) is 19.4 Å². The highest BCUT2D eigenvalue weighted by Crippen LogP contribution is 2.33. The number of rotatable bonds is 5. The quantitative estimate of drug-likeness (QED) is 0.765. The third-order valence-corrected chi connectivity index (χ3v) is 3.28. The molecule has 0 unspecified atom stereocenters. The van der Waals surface area contributed by atoms with Crippen LogP contribution in [0.3, 0.4) is 0 Å². The minimum atomic E-state index is -0.769. The van der Waals surface area contributed by atoms with E-state index in [0.29, 0.717) is 11.5 Å². The first kappa shape index (κ1) is 15.1. The lowest BCUT2D eigenvalue weighted by Gasteiger charge is -2.34. The second-order valence-corrected chi connectivity index (χ2v) is 4.65. The van der Waals surface area contributed by atoms with E-state index in [1.807, 2.05) is 24.1 Å². The SMILES string of the molecule is COC(=O)C(C)(C)N(C)c1ccc(OC)c(OC)c1. The Morgan fingerprint density at radius 2 is 1.68 bits per heavy atom. The van der Waals surface area contributed by atoms with Crippen LogP contribution in [0.4, 0.5) is 5.69 Å². The van der Waals surface area contributed by atoms with Crippen LogP contribution in [0.15, 0.2) is 18.2 Å². The monoisotopic (exact) mass is 267 g/mol. The van der Waals surface area contributed by atoms with Crippen molar-refractivity contribution in [1.29, 1.82) is 0 Å². The Kier molecular flexibility index (Phi) is 4.64. The number of nitrogens with zero attached hydrogens (tertiary/aromatic N) is 1. The lowest BCUT2D eigenvalue weighted by Crippen LogP contribution is -2.48. The summed E-state index contributed by atoms with van der Waals surface area (Å²) in [6.07, 6.45) is 0. The van der Waals surface area contributed by atoms with Crippen molar-refractivity contribution in [1.82, 2.24) is 0 Å². The van der Waals surface area contributed by atoms with Gasteiger partial charge < -0.3 is 19.1 Å². The molecule has 0 saturated heterocycles. The summed E-state index contributed by atoms with van der Waals surface area (Å²) in [6.45, 7) is 3.60. The van der Waals surface area contributed by atoms with E-state index < -0.39 is 5.54 Å². The van der Waals surface area contributed by atoms with Gasteiger partial charge in [0.25, 0.3) is 0 Å². The van der Waals surface area contributed by atoms with Crippen LogP contribution in [0.2, 0.25) is 0 Å². The first-order valence-corrected chi connectivity index (χ1v) is 5.92. The van der Waals surface area contributed by atoms with Crippen LogP contribution in [-0.4, -0.2) is 39.9 Å². The third-order valence-electron chi connectivity index (χ3n) is 3.28. The molecule has 0 aliphatic rings. The number of anilines is 1. The Morgan fingerprint density at radius 1 is 1.11 bits per heavy atom. The number of esters is 1. The average molecular weight is 267 g/mol. The molecule has 0 aliphatic carbocycles. The number of carbonyl (C=O) groups is 1. The molecule has 0 heterocycles. The largest absolute Gasteiger partial charge is 0.493 e. The summed E-state index contributed by atoms with van der Waals surface area (Å²) in [5.74, 6) is 0.966. The second kappa shape index (κ2) is 5.82. The highest BCUT2D eigenvalue weighted by atomic mass is 16.5. The Bertz CT molecular complexity index is 457. The van der Waals surface area contributed by atoms with Gasteiger partial charge in [-0.3, -0.25) is 0 Å². The summed E-state index contributed by atoms with van der Waals surface area (Å²) in [6, 6.07) is 5.49. The van der Waals surface area contributed by atoms with Crippen molar-refractivity contribution in [3.63, 3.8) is 0 Å². The normalized spacial score (nSPS) is 10.8. The number of hydrogen-bond acceptors (Lipinski definition) is 5. The van der Waals surface area contributed by atoms with Gasteiger partial charge in [0, 0.05) is 18.8 Å². The predicted molar refractivity (Wildman–Crippen MR) is 74.0 cm³/mol. The van der Waals surface area contributed by atoms with Crippen molar-refractivity contribution in [3.8, 4) is 11.5 Å². The fourth-order valence-corrected chi connectivity index (χ4v) is 1.74. The maximum Gasteiger partial charge on any atom is 0.331 e. The number of benzene rings is 1. The molecule has 0 aromatic heterocycles. The van der Waals surface area contributed by atoms with Crippen LogP contribution < -0.4 is 14.4 Å². The smallest absolute Gasteiger partial charge is 0.331 e. The Hall–Kier alpha value is -1.91. The summed E-state index contributed by atoms with van der Waals surface area (Å²) in [7, 11) is 6.37. The lowest BCUT2D eigenvalue weighted by molar-refractivity contribution is -0.145. The van der Waals surface area contributed by atoms with Crippen LogP contribution >= 0.6 is 0 Å². The maximum absolute atomic E-state index is 11.8. The molecule has 0 aliphatic heterocycles. The van der Waals surface area contributed by atoms with E-state index in [4.69, 9.17) is 14.2 Å². The zero-order valence-electron chi connectivity index (χ0n) is 12.3. The van der Waals surface area contributed by atoms with Crippen molar-refractivity contribution in [3.05, 3.63) is 18.2 Å². The number of ether oxygens (including phenoxy) is 3. The van der Waals surface area contributed by atoms with Gasteiger partial charge in [-0.15, -0.1) is 0 Å². The number of hydrogen-bond donors (Lipinski definition) is 0. The summed E-state index contributed by atoms with van der Waals surface area (Å²) in [4.78, 5) is 13.6. The fraction of sp³-hybridized carbons (Fsp3) is 0.500. The zero-order chi connectivity index (χ0) is 14.6. The van der Waals surface area contributed by atoms with Crippen LogP contribution in [0, 0.1) is 0 Å². The maximum atomic E-state index is 11.8. The highest BCUT2D eigenvalue weighted by Gasteiger charge is 2.33. The van der Waals surface area contributed by atoms with Gasteiger partial charge in [-0.2, -0.15) is 0 Å². The molecular formula is C14H21NO4. The van der Waals surface area contributed by atoms with E-state index >= 15 is 0 Å². The summed E-state index contributed by atoms with van der Waals surface area (Å²) >= 11 is 0. The van der Waals surface area contributed by atoms with Gasteiger partial charge in [-0.1, -0.05) is 0 Å². The minimum absolute atomic E-state index is 0.301. The van der Waals surface area contributed by atoms with E-state index in [-0.39, 0.29) is 5.97 Å². The molecule has 0 saturated carbocycles. The molecular weight excluding hydrogens is 246 g/mol. The third kappa shape index (κ3) is 2.92. The van der Waals surface area contributed by atoms with E-state index in [2.05, 4.69) is 0 Å². The van der Waals surface area contributed by atoms with Gasteiger partial charge in [0.15, 0.2) is 11.5 Å². The summed E-state index contributed by atoms with van der Waals surface area (Å²) in [5.41, 5.74) is 0.0713. The van der Waals surface area contributed by atoms with E-state index in [1.165, 1.54) is 7.11 Å². The van der Waals surface area contributed by atoms with Crippen molar-refractivity contribution < 1.29 is 19.0 Å². The first-order chi connectivity index (χ1) is 8.88. The average Bonchev–Trinajstić information content (AvgIpc) is 2.44. The van der Waals surface area contributed by atoms with Gasteiger partial charge >= 0.3 is 5.97 Å². The number of methoxy groups -OCH3 is 3. The lowest BCUT2D eigenvalue weighted by atomic mass is 10.0. The van der Waals surface area contributed by atoms with Crippen LogP contribution in [0.25, 0.3) is 0 Å². The van der Waals surface area contributed by atoms with Crippen LogP contribution in [-0.2, 0) is 9.53 Å². The molecule has 19 heavy (non-hydrogen) atoms. The standard InChI is InChI=1S/C14H21NO4/c1-14(2,13(16)19-6)15(3)10-7-8-11(17-4)12(9-10)18-5/h7-9H,1-6H3. The fourth-order valence-electron chi connectivity index (χ4n) is 1.74. The van der Waals surface area contributed by atoms with Crippen molar-refractivity contribution in [2.75, 3.05) is 33.3 Å². The molecule has 5 heteroatoms. The molecule has 1 aromatic carbocycles. The van der Waals surface area contributed by atoms with Gasteiger partial charge in [0.05, 0.1) is 21.3 Å². The Labute approximate surface area is 114 Å². The highest BCUT2D eigenvalue weighted by molar-refractivity contribution is 5.84. The van der Waals surface area contributed by atoms with Gasteiger partial charge in [0.2, 0.25) is 0 Å². The predicted octanol–water partition coefficient (Wildman–Crippen LogP) is 2.09. The molecule has 0 atom stereocenters. The summed E-state index contributed by atoms with van der Waals surface area (Å²) < 4.78 is 15.3. The van der Waals surface area contributed by atoms with E-state index in [9.17, 15) is 4.79 Å². The Morgan fingerprint density at radius 3 is 2.16 bits per heavy atom. The minimum Gasteiger partial charge on any atom is -0.493 e. The molecule has 0 amide bonds. The molecule has 0 N–H and O–H groups in total. The van der Waals surface area contributed by atoms with Gasteiger partial charge in [-0.05, 0) is 26.0 Å². The van der Waals surface area contributed by atoms with E-state index in [0.717, 1.165) is 5.69 Å². The van der Waals surface area contributed by atoms with Crippen molar-refractivity contribution >= 4 is 11.7 Å². The molecule has 0 fully saturated rings. The topological polar surface area (TPSA) is 48.0 Å². The van der Waals surface area contributed by atoms with Crippen LogP contribution in [0.1, 0.15) is 13.8 Å². The van der Waals surface area contributed by atoms with Crippen molar-refractivity contribution in [2.24, 2.45) is 0 Å². The second-order valence-electron chi connectivity index (χ2n) is 4.65. The number of carbonyl (C=O) groups excluding carboxylic acids is 1. The van der Waals surface area contributed by atoms with Crippen LogP contribution in [0.5, 0.6) is 11.5 Å². The molecule has 0 radical (unpaired) electrons. The first-order valence-electron chi connectivity index (χ1n) is 5.92. The summed E-state index contributed by atoms with van der Waals surface area (Å²) in [5, 5.41) is 0. The molecule has 1 aromatic rings. The molecule has 1 rings (SSSR count). The number of likely N-dealkylation sites (N-methyl/N-ethyl adjacent to an activating group) is 1. The van der Waals surface area contributed by atoms with E-state index in [1.54, 1.807) is 34.1 Å². The molecule has 0 bridgehead atoms. The molecule has 0 spiro atoms. The van der Waals surface area contributed by atoms with Gasteiger partial charge in [0.1, 0.15) is 5.54 Å².